The van der Waals surface area contributed by atoms with Crippen molar-refractivity contribution in [1.29, 1.82) is 5.26 Å². The Morgan fingerprint density at radius 3 is 2.81 bits per heavy atom. The molecule has 0 fully saturated rings. The average Bonchev–Trinajstić information content (AvgIpc) is 2.25. The third-order valence-corrected chi connectivity index (χ3v) is 1.94. The maximum Gasteiger partial charge on any atom is 0.251 e. The standard InChI is InChI=1S/C12H14N2O2/c1-12(2,16)8-14-11(15)10-5-3-4-9(6-10)7-13/h3-6,16H,8H2,1-2H3,(H,14,15). The highest BCUT2D eigenvalue weighted by Crippen LogP contribution is 2.05. The molecule has 0 spiro atoms. The summed E-state index contributed by atoms with van der Waals surface area (Å²) in [4.78, 5) is 11.6. The zero-order valence-electron chi connectivity index (χ0n) is 9.32. The molecule has 16 heavy (non-hydrogen) atoms. The fourth-order valence-electron chi connectivity index (χ4n) is 1.13. The van der Waals surface area contributed by atoms with Crippen LogP contribution in [0.15, 0.2) is 24.3 Å². The Kier molecular flexibility index (Phi) is 3.64. The van der Waals surface area contributed by atoms with Gasteiger partial charge in [-0.15, -0.1) is 0 Å². The molecule has 4 heteroatoms. The second-order valence-electron chi connectivity index (χ2n) is 4.19. The van der Waals surface area contributed by atoms with Gasteiger partial charge >= 0.3 is 0 Å². The first-order valence-electron chi connectivity index (χ1n) is 4.93. The van der Waals surface area contributed by atoms with Crippen molar-refractivity contribution in [2.45, 2.75) is 19.4 Å². The Morgan fingerprint density at radius 1 is 1.56 bits per heavy atom. The number of carbonyl (C=O) groups is 1. The van der Waals surface area contributed by atoms with Crippen molar-refractivity contribution >= 4 is 5.91 Å². The Bertz CT molecular complexity index is 427. The number of amides is 1. The van der Waals surface area contributed by atoms with Gasteiger partial charge in [0, 0.05) is 12.1 Å². The molecule has 0 heterocycles. The fourth-order valence-corrected chi connectivity index (χ4v) is 1.13. The van der Waals surface area contributed by atoms with Gasteiger partial charge in [-0.3, -0.25) is 4.79 Å². The maximum absolute atomic E-state index is 11.6. The quantitative estimate of drug-likeness (QED) is 0.796. The van der Waals surface area contributed by atoms with Crippen LogP contribution in [0.2, 0.25) is 0 Å². The molecule has 4 nitrogen and oxygen atoms in total. The molecule has 0 radical (unpaired) electrons. The molecule has 0 bridgehead atoms. The maximum atomic E-state index is 11.6. The number of hydrogen-bond donors (Lipinski definition) is 2. The molecule has 0 aromatic heterocycles. The van der Waals surface area contributed by atoms with E-state index in [2.05, 4.69) is 5.32 Å². The minimum Gasteiger partial charge on any atom is -0.389 e. The van der Waals surface area contributed by atoms with Gasteiger partial charge in [-0.2, -0.15) is 5.26 Å². The molecule has 0 unspecified atom stereocenters. The van der Waals surface area contributed by atoms with E-state index >= 15 is 0 Å². The summed E-state index contributed by atoms with van der Waals surface area (Å²) in [5.74, 6) is -0.292. The van der Waals surface area contributed by atoms with Gasteiger partial charge in [-0.05, 0) is 32.0 Å². The summed E-state index contributed by atoms with van der Waals surface area (Å²) in [6.45, 7) is 3.39. The number of rotatable bonds is 3. The molecule has 0 saturated heterocycles. The van der Waals surface area contributed by atoms with Gasteiger partial charge in [0.2, 0.25) is 0 Å². The van der Waals surface area contributed by atoms with Crippen LogP contribution in [0, 0.1) is 11.3 Å². The summed E-state index contributed by atoms with van der Waals surface area (Å²) < 4.78 is 0. The van der Waals surface area contributed by atoms with E-state index in [0.717, 1.165) is 0 Å². The molecule has 2 N–H and O–H groups in total. The Labute approximate surface area is 94.5 Å². The lowest BCUT2D eigenvalue weighted by atomic mass is 10.1. The molecule has 0 aliphatic carbocycles. The Balaban J connectivity index is 2.71. The monoisotopic (exact) mass is 218 g/mol. The van der Waals surface area contributed by atoms with E-state index in [1.807, 2.05) is 6.07 Å². The highest BCUT2D eigenvalue weighted by atomic mass is 16.3. The van der Waals surface area contributed by atoms with E-state index in [4.69, 9.17) is 5.26 Å². The summed E-state index contributed by atoms with van der Waals surface area (Å²) >= 11 is 0. The number of hydrogen-bond acceptors (Lipinski definition) is 3. The van der Waals surface area contributed by atoms with E-state index in [9.17, 15) is 9.90 Å². The van der Waals surface area contributed by atoms with Crippen molar-refractivity contribution < 1.29 is 9.90 Å². The Morgan fingerprint density at radius 2 is 2.25 bits per heavy atom. The molecule has 0 saturated carbocycles. The normalized spacial score (nSPS) is 10.6. The van der Waals surface area contributed by atoms with Crippen LogP contribution >= 0.6 is 0 Å². The average molecular weight is 218 g/mol. The number of aliphatic hydroxyl groups is 1. The van der Waals surface area contributed by atoms with E-state index < -0.39 is 5.60 Å². The lowest BCUT2D eigenvalue weighted by molar-refractivity contribution is 0.0694. The molecule has 1 rings (SSSR count). The molecule has 1 aromatic carbocycles. The first kappa shape index (κ1) is 12.2. The van der Waals surface area contributed by atoms with E-state index in [1.54, 1.807) is 32.0 Å². The lowest BCUT2D eigenvalue weighted by Crippen LogP contribution is -2.38. The van der Waals surface area contributed by atoms with Gasteiger partial charge < -0.3 is 10.4 Å². The number of nitrogens with zero attached hydrogens (tertiary/aromatic N) is 1. The van der Waals surface area contributed by atoms with Crippen molar-refractivity contribution in [3.63, 3.8) is 0 Å². The number of carbonyl (C=O) groups excluding carboxylic acids is 1. The summed E-state index contributed by atoms with van der Waals surface area (Å²) in [5.41, 5.74) is -0.0816. The van der Waals surface area contributed by atoms with E-state index in [-0.39, 0.29) is 12.5 Å². The van der Waals surface area contributed by atoms with Crippen molar-refractivity contribution in [1.82, 2.24) is 5.32 Å². The van der Waals surface area contributed by atoms with E-state index in [1.165, 1.54) is 6.07 Å². The van der Waals surface area contributed by atoms with Crippen LogP contribution in [-0.4, -0.2) is 23.2 Å². The lowest BCUT2D eigenvalue weighted by Gasteiger charge is -2.17. The summed E-state index contributed by atoms with van der Waals surface area (Å²) in [6.07, 6.45) is 0. The van der Waals surface area contributed by atoms with Crippen LogP contribution in [0.1, 0.15) is 29.8 Å². The van der Waals surface area contributed by atoms with Crippen molar-refractivity contribution in [2.24, 2.45) is 0 Å². The molecule has 0 atom stereocenters. The van der Waals surface area contributed by atoms with Gasteiger partial charge in [0.25, 0.3) is 5.91 Å². The fraction of sp³-hybridized carbons (Fsp3) is 0.333. The van der Waals surface area contributed by atoms with Gasteiger partial charge in [0.05, 0.1) is 17.2 Å². The van der Waals surface area contributed by atoms with Crippen LogP contribution in [0.5, 0.6) is 0 Å². The molecule has 0 aliphatic heterocycles. The molecular formula is C12H14N2O2. The smallest absolute Gasteiger partial charge is 0.251 e. The largest absolute Gasteiger partial charge is 0.389 e. The number of benzene rings is 1. The van der Waals surface area contributed by atoms with Crippen LogP contribution in [0.4, 0.5) is 0 Å². The first-order chi connectivity index (χ1) is 7.42. The number of nitriles is 1. The summed E-state index contributed by atoms with van der Waals surface area (Å²) in [5, 5.41) is 20.7. The van der Waals surface area contributed by atoms with Crippen molar-refractivity contribution in [3.8, 4) is 6.07 Å². The van der Waals surface area contributed by atoms with E-state index in [0.29, 0.717) is 11.1 Å². The van der Waals surface area contributed by atoms with Crippen molar-refractivity contribution in [2.75, 3.05) is 6.54 Å². The third kappa shape index (κ3) is 3.71. The highest BCUT2D eigenvalue weighted by molar-refractivity contribution is 5.94. The topological polar surface area (TPSA) is 73.1 Å². The summed E-state index contributed by atoms with van der Waals surface area (Å²) in [7, 11) is 0. The third-order valence-electron chi connectivity index (χ3n) is 1.94. The number of nitrogens with one attached hydrogen (secondary N) is 1. The zero-order chi connectivity index (χ0) is 12.2. The predicted octanol–water partition coefficient (Wildman–Crippen LogP) is 1.06. The van der Waals surface area contributed by atoms with Crippen LogP contribution in [0.25, 0.3) is 0 Å². The molecule has 1 amide bonds. The Hall–Kier alpha value is -1.86. The van der Waals surface area contributed by atoms with Gasteiger partial charge in [-0.25, -0.2) is 0 Å². The first-order valence-corrected chi connectivity index (χ1v) is 4.93. The van der Waals surface area contributed by atoms with Gasteiger partial charge in [-0.1, -0.05) is 6.07 Å². The predicted molar refractivity (Wildman–Crippen MR) is 59.8 cm³/mol. The SMILES string of the molecule is CC(C)(O)CNC(=O)c1cccc(C#N)c1. The van der Waals surface area contributed by atoms with Crippen LogP contribution in [0.3, 0.4) is 0 Å². The van der Waals surface area contributed by atoms with Crippen LogP contribution < -0.4 is 5.32 Å². The van der Waals surface area contributed by atoms with Crippen LogP contribution in [-0.2, 0) is 0 Å². The molecule has 1 aromatic rings. The highest BCUT2D eigenvalue weighted by Gasteiger charge is 2.14. The second kappa shape index (κ2) is 4.77. The zero-order valence-corrected chi connectivity index (χ0v) is 9.32. The molecule has 84 valence electrons. The minimum atomic E-state index is -0.942. The second-order valence-corrected chi connectivity index (χ2v) is 4.19. The van der Waals surface area contributed by atoms with Crippen molar-refractivity contribution in [3.05, 3.63) is 35.4 Å². The molecule has 0 aliphatic rings. The van der Waals surface area contributed by atoms with Gasteiger partial charge in [0.15, 0.2) is 0 Å². The summed E-state index contributed by atoms with van der Waals surface area (Å²) in [6, 6.07) is 8.39. The molecular weight excluding hydrogens is 204 g/mol. The minimum absolute atomic E-state index is 0.169. The van der Waals surface area contributed by atoms with Gasteiger partial charge in [0.1, 0.15) is 0 Å².